The van der Waals surface area contributed by atoms with Crippen molar-refractivity contribution in [3.8, 4) is 5.75 Å². The Bertz CT molecular complexity index is 479. The molecule has 1 aliphatic heterocycles. The van der Waals surface area contributed by atoms with E-state index in [-0.39, 0.29) is 31.0 Å². The van der Waals surface area contributed by atoms with E-state index >= 15 is 0 Å². The van der Waals surface area contributed by atoms with Gasteiger partial charge in [0.05, 0.1) is 0 Å². The second kappa shape index (κ2) is 8.25. The monoisotopic (exact) mass is 312 g/mol. The molecule has 4 nitrogen and oxygen atoms in total. The fourth-order valence-corrected chi connectivity index (χ4v) is 2.48. The molecule has 1 saturated heterocycles. The summed E-state index contributed by atoms with van der Waals surface area (Å²) in [6, 6.07) is 6.28. The summed E-state index contributed by atoms with van der Waals surface area (Å²) >= 11 is 0. The molecule has 1 fully saturated rings. The maximum absolute atomic E-state index is 12.0. The number of carbonyl (C=O) groups excluding carboxylic acids is 1. The number of halogens is 1. The molecule has 0 radical (unpaired) electrons. The highest BCUT2D eigenvalue weighted by molar-refractivity contribution is 5.85. The van der Waals surface area contributed by atoms with Crippen molar-refractivity contribution in [1.82, 2.24) is 10.6 Å². The van der Waals surface area contributed by atoms with Crippen LogP contribution in [0.5, 0.6) is 5.75 Å². The molecule has 0 saturated carbocycles. The highest BCUT2D eigenvalue weighted by Crippen LogP contribution is 2.19. The molecule has 2 atom stereocenters. The Hall–Kier alpha value is -1.26. The van der Waals surface area contributed by atoms with Crippen LogP contribution in [-0.2, 0) is 4.79 Å². The molecule has 1 aromatic carbocycles. The van der Waals surface area contributed by atoms with E-state index in [9.17, 15) is 4.79 Å². The molecule has 1 heterocycles. The predicted molar refractivity (Wildman–Crippen MR) is 87.2 cm³/mol. The zero-order chi connectivity index (χ0) is 14.5. The summed E-state index contributed by atoms with van der Waals surface area (Å²) in [6.07, 6.45) is 0.983. The number of hydrogen-bond donors (Lipinski definition) is 2. The van der Waals surface area contributed by atoms with Gasteiger partial charge in [0.2, 0.25) is 0 Å². The summed E-state index contributed by atoms with van der Waals surface area (Å²) in [5, 5.41) is 6.40. The van der Waals surface area contributed by atoms with E-state index in [2.05, 4.69) is 17.6 Å². The summed E-state index contributed by atoms with van der Waals surface area (Å²) in [5.74, 6) is 1.22. The molecule has 2 N–H and O–H groups in total. The molecule has 2 unspecified atom stereocenters. The molecular formula is C16H25ClN2O2. The van der Waals surface area contributed by atoms with E-state index in [1.54, 1.807) is 0 Å². The number of amides is 1. The van der Waals surface area contributed by atoms with E-state index in [1.807, 2.05) is 32.0 Å². The third-order valence-electron chi connectivity index (χ3n) is 3.83. The lowest BCUT2D eigenvalue weighted by Crippen LogP contribution is -2.49. The van der Waals surface area contributed by atoms with Crippen molar-refractivity contribution in [3.63, 3.8) is 0 Å². The van der Waals surface area contributed by atoms with Crippen molar-refractivity contribution < 1.29 is 9.53 Å². The van der Waals surface area contributed by atoms with Gasteiger partial charge in [-0.25, -0.2) is 0 Å². The van der Waals surface area contributed by atoms with Crippen LogP contribution in [0.15, 0.2) is 18.2 Å². The minimum absolute atomic E-state index is 0. The number of piperidine rings is 1. The number of aryl methyl sites for hydroxylation is 2. The van der Waals surface area contributed by atoms with E-state index < -0.39 is 0 Å². The topological polar surface area (TPSA) is 50.4 Å². The lowest BCUT2D eigenvalue weighted by Gasteiger charge is -2.30. The summed E-state index contributed by atoms with van der Waals surface area (Å²) < 4.78 is 5.63. The van der Waals surface area contributed by atoms with Gasteiger partial charge in [-0.15, -0.1) is 12.4 Å². The maximum Gasteiger partial charge on any atom is 0.258 e. The van der Waals surface area contributed by atoms with Crippen molar-refractivity contribution in [2.75, 3.05) is 19.7 Å². The second-order valence-corrected chi connectivity index (χ2v) is 5.70. The molecule has 2 rings (SSSR count). The normalized spacial score (nSPS) is 21.3. The van der Waals surface area contributed by atoms with Crippen molar-refractivity contribution in [2.45, 2.75) is 33.2 Å². The molecule has 21 heavy (non-hydrogen) atoms. The highest BCUT2D eigenvalue weighted by atomic mass is 35.5. The fourth-order valence-electron chi connectivity index (χ4n) is 2.48. The number of hydrogen-bond acceptors (Lipinski definition) is 3. The zero-order valence-corrected chi connectivity index (χ0v) is 13.8. The quantitative estimate of drug-likeness (QED) is 0.896. The van der Waals surface area contributed by atoms with Gasteiger partial charge >= 0.3 is 0 Å². The van der Waals surface area contributed by atoms with Gasteiger partial charge in [0.1, 0.15) is 5.75 Å². The van der Waals surface area contributed by atoms with Crippen LogP contribution < -0.4 is 15.4 Å². The summed E-state index contributed by atoms with van der Waals surface area (Å²) in [7, 11) is 0. The highest BCUT2D eigenvalue weighted by Gasteiger charge is 2.22. The van der Waals surface area contributed by atoms with Crippen LogP contribution in [0, 0.1) is 19.8 Å². The Kier molecular flexibility index (Phi) is 6.99. The second-order valence-electron chi connectivity index (χ2n) is 5.70. The number of ether oxygens (including phenoxy) is 1. The standard InChI is InChI=1S/C16H24N2O2.ClH/c1-11-4-5-12(2)15(8-11)20-10-16(19)18-14-6-7-17-9-13(14)3;/h4-5,8,13-14,17H,6-7,9-10H2,1-3H3,(H,18,19);1H. The first-order chi connectivity index (χ1) is 9.56. The average Bonchev–Trinajstić information content (AvgIpc) is 2.42. The number of rotatable bonds is 4. The Balaban J connectivity index is 0.00000220. The van der Waals surface area contributed by atoms with Crippen LogP contribution in [0.1, 0.15) is 24.5 Å². The van der Waals surface area contributed by atoms with Crippen molar-refractivity contribution in [1.29, 1.82) is 0 Å². The predicted octanol–water partition coefficient (Wildman–Crippen LogP) is 2.22. The van der Waals surface area contributed by atoms with Crippen LogP contribution >= 0.6 is 12.4 Å². The number of carbonyl (C=O) groups is 1. The van der Waals surface area contributed by atoms with Crippen LogP contribution in [0.25, 0.3) is 0 Å². The van der Waals surface area contributed by atoms with Gasteiger partial charge < -0.3 is 15.4 Å². The smallest absolute Gasteiger partial charge is 0.258 e. The van der Waals surface area contributed by atoms with Gasteiger partial charge in [0, 0.05) is 6.04 Å². The third kappa shape index (κ3) is 5.21. The Labute approximate surface area is 133 Å². The van der Waals surface area contributed by atoms with Crippen molar-refractivity contribution in [3.05, 3.63) is 29.3 Å². The minimum atomic E-state index is -0.0374. The van der Waals surface area contributed by atoms with Crippen molar-refractivity contribution in [2.24, 2.45) is 5.92 Å². The molecule has 1 amide bonds. The number of benzene rings is 1. The van der Waals surface area contributed by atoms with E-state index in [0.29, 0.717) is 5.92 Å². The Morgan fingerprint density at radius 1 is 1.43 bits per heavy atom. The molecule has 0 bridgehead atoms. The van der Waals surface area contributed by atoms with E-state index in [0.717, 1.165) is 36.4 Å². The first-order valence-electron chi connectivity index (χ1n) is 7.26. The van der Waals surface area contributed by atoms with Crippen LogP contribution in [-0.4, -0.2) is 31.6 Å². The third-order valence-corrected chi connectivity index (χ3v) is 3.83. The SMILES string of the molecule is Cc1ccc(C)c(OCC(=O)NC2CCNCC2C)c1.Cl. The van der Waals surface area contributed by atoms with Crippen LogP contribution in [0.2, 0.25) is 0 Å². The van der Waals surface area contributed by atoms with E-state index in [1.165, 1.54) is 0 Å². The molecule has 5 heteroatoms. The summed E-state index contributed by atoms with van der Waals surface area (Å²) in [6.45, 7) is 8.17. The maximum atomic E-state index is 12.0. The Morgan fingerprint density at radius 3 is 2.90 bits per heavy atom. The molecule has 118 valence electrons. The van der Waals surface area contributed by atoms with Gasteiger partial charge in [-0.05, 0) is 56.5 Å². The number of nitrogens with one attached hydrogen (secondary N) is 2. The first-order valence-corrected chi connectivity index (χ1v) is 7.26. The van der Waals surface area contributed by atoms with E-state index in [4.69, 9.17) is 4.74 Å². The average molecular weight is 313 g/mol. The molecule has 0 aliphatic carbocycles. The first kappa shape index (κ1) is 17.8. The van der Waals surface area contributed by atoms with Gasteiger partial charge in [-0.1, -0.05) is 19.1 Å². The molecule has 0 spiro atoms. The molecule has 1 aliphatic rings. The van der Waals surface area contributed by atoms with Crippen molar-refractivity contribution >= 4 is 18.3 Å². The van der Waals surface area contributed by atoms with Gasteiger partial charge in [-0.2, -0.15) is 0 Å². The minimum Gasteiger partial charge on any atom is -0.483 e. The van der Waals surface area contributed by atoms with Crippen LogP contribution in [0.3, 0.4) is 0 Å². The van der Waals surface area contributed by atoms with Gasteiger partial charge in [-0.3, -0.25) is 4.79 Å². The molecular weight excluding hydrogens is 288 g/mol. The van der Waals surface area contributed by atoms with Crippen LogP contribution in [0.4, 0.5) is 0 Å². The largest absolute Gasteiger partial charge is 0.483 e. The molecule has 1 aromatic rings. The van der Waals surface area contributed by atoms with Gasteiger partial charge in [0.25, 0.3) is 5.91 Å². The Morgan fingerprint density at radius 2 is 2.19 bits per heavy atom. The summed E-state index contributed by atoms with van der Waals surface area (Å²) in [4.78, 5) is 12.0. The zero-order valence-electron chi connectivity index (χ0n) is 12.9. The molecule has 0 aromatic heterocycles. The lowest BCUT2D eigenvalue weighted by molar-refractivity contribution is -0.124. The fraction of sp³-hybridized carbons (Fsp3) is 0.562. The van der Waals surface area contributed by atoms with Gasteiger partial charge in [0.15, 0.2) is 6.61 Å². The summed E-state index contributed by atoms with van der Waals surface area (Å²) in [5.41, 5.74) is 2.19. The lowest BCUT2D eigenvalue weighted by atomic mass is 9.95.